The summed E-state index contributed by atoms with van der Waals surface area (Å²) in [6.07, 6.45) is -4.40. The number of halogens is 3. The molecule has 2 N–H and O–H groups in total. The van der Waals surface area contributed by atoms with E-state index in [2.05, 4.69) is 10.6 Å². The van der Waals surface area contributed by atoms with Crippen LogP contribution in [0.4, 0.5) is 18.9 Å². The van der Waals surface area contributed by atoms with Crippen molar-refractivity contribution in [2.45, 2.75) is 13.1 Å². The third-order valence-corrected chi connectivity index (χ3v) is 1.99. The van der Waals surface area contributed by atoms with Crippen LogP contribution in [0.1, 0.15) is 12.5 Å². The van der Waals surface area contributed by atoms with Gasteiger partial charge in [-0.1, -0.05) is 0 Å². The van der Waals surface area contributed by atoms with E-state index in [9.17, 15) is 22.8 Å². The Morgan fingerprint density at radius 2 is 1.72 bits per heavy atom. The molecule has 2 amide bonds. The molecular formula is C11H11F3N2O2. The second-order valence-corrected chi connectivity index (χ2v) is 3.53. The van der Waals surface area contributed by atoms with Crippen molar-refractivity contribution in [3.63, 3.8) is 0 Å². The fourth-order valence-electron chi connectivity index (χ4n) is 1.15. The number of carbonyl (C=O) groups is 2. The average Bonchev–Trinajstić information content (AvgIpc) is 2.26. The molecule has 7 heteroatoms. The summed E-state index contributed by atoms with van der Waals surface area (Å²) in [6.45, 7) is 1.03. The number of hydrogen-bond acceptors (Lipinski definition) is 2. The van der Waals surface area contributed by atoms with Gasteiger partial charge in [0.05, 0.1) is 12.1 Å². The zero-order valence-electron chi connectivity index (χ0n) is 9.47. The first-order chi connectivity index (χ1) is 8.29. The van der Waals surface area contributed by atoms with Gasteiger partial charge >= 0.3 is 6.18 Å². The molecule has 98 valence electrons. The van der Waals surface area contributed by atoms with Crippen LogP contribution in [-0.4, -0.2) is 18.4 Å². The van der Waals surface area contributed by atoms with Crippen molar-refractivity contribution in [2.24, 2.45) is 0 Å². The number of benzene rings is 1. The van der Waals surface area contributed by atoms with E-state index in [4.69, 9.17) is 0 Å². The van der Waals surface area contributed by atoms with Crippen molar-refractivity contribution in [3.05, 3.63) is 29.8 Å². The first-order valence-corrected chi connectivity index (χ1v) is 5.00. The summed E-state index contributed by atoms with van der Waals surface area (Å²) >= 11 is 0. The number of alkyl halides is 3. The molecule has 1 aromatic carbocycles. The standard InChI is InChI=1S/C11H11F3N2O2/c1-7(17)15-6-10(18)16-9-4-2-8(3-5-9)11(12,13)14/h2-5H,6H2,1H3,(H,15,17)(H,16,18). The summed E-state index contributed by atoms with van der Waals surface area (Å²) in [7, 11) is 0. The smallest absolute Gasteiger partial charge is 0.347 e. The van der Waals surface area contributed by atoms with Crippen LogP contribution in [-0.2, 0) is 15.8 Å². The molecule has 0 unspecified atom stereocenters. The fourth-order valence-corrected chi connectivity index (χ4v) is 1.15. The van der Waals surface area contributed by atoms with Gasteiger partial charge in [0, 0.05) is 12.6 Å². The number of carbonyl (C=O) groups excluding carboxylic acids is 2. The molecule has 0 aliphatic rings. The molecule has 0 radical (unpaired) electrons. The fraction of sp³-hybridized carbons (Fsp3) is 0.273. The van der Waals surface area contributed by atoms with Gasteiger partial charge < -0.3 is 10.6 Å². The zero-order valence-corrected chi connectivity index (χ0v) is 9.47. The second-order valence-electron chi connectivity index (χ2n) is 3.53. The van der Waals surface area contributed by atoms with Gasteiger partial charge in [-0.2, -0.15) is 13.2 Å². The van der Waals surface area contributed by atoms with Crippen molar-refractivity contribution in [2.75, 3.05) is 11.9 Å². The zero-order chi connectivity index (χ0) is 13.8. The topological polar surface area (TPSA) is 58.2 Å². The molecule has 4 nitrogen and oxygen atoms in total. The lowest BCUT2D eigenvalue weighted by Crippen LogP contribution is -2.31. The van der Waals surface area contributed by atoms with Crippen LogP contribution in [0.2, 0.25) is 0 Å². The highest BCUT2D eigenvalue weighted by atomic mass is 19.4. The maximum atomic E-state index is 12.3. The molecule has 0 saturated carbocycles. The summed E-state index contributed by atoms with van der Waals surface area (Å²) in [5, 5.41) is 4.63. The Hall–Kier alpha value is -2.05. The monoisotopic (exact) mass is 260 g/mol. The van der Waals surface area contributed by atoms with Gasteiger partial charge in [-0.05, 0) is 24.3 Å². The lowest BCUT2D eigenvalue weighted by molar-refractivity contribution is -0.137. The molecule has 1 rings (SSSR count). The van der Waals surface area contributed by atoms with Gasteiger partial charge in [0.1, 0.15) is 0 Å². The molecule has 0 bridgehead atoms. The maximum Gasteiger partial charge on any atom is 0.416 e. The third kappa shape index (κ3) is 4.44. The number of nitrogens with one attached hydrogen (secondary N) is 2. The lowest BCUT2D eigenvalue weighted by Gasteiger charge is -2.08. The van der Waals surface area contributed by atoms with Gasteiger partial charge in [-0.3, -0.25) is 9.59 Å². The van der Waals surface area contributed by atoms with Crippen molar-refractivity contribution < 1.29 is 22.8 Å². The highest BCUT2D eigenvalue weighted by Gasteiger charge is 2.29. The van der Waals surface area contributed by atoms with Crippen molar-refractivity contribution >= 4 is 17.5 Å². The van der Waals surface area contributed by atoms with Crippen LogP contribution in [0.3, 0.4) is 0 Å². The van der Waals surface area contributed by atoms with E-state index in [1.165, 1.54) is 6.92 Å². The highest BCUT2D eigenvalue weighted by molar-refractivity contribution is 5.94. The van der Waals surface area contributed by atoms with E-state index in [1.54, 1.807) is 0 Å². The van der Waals surface area contributed by atoms with Gasteiger partial charge in [-0.15, -0.1) is 0 Å². The molecular weight excluding hydrogens is 249 g/mol. The van der Waals surface area contributed by atoms with E-state index >= 15 is 0 Å². The summed E-state index contributed by atoms with van der Waals surface area (Å²) in [5.41, 5.74) is -0.555. The Labute approximate surface area is 101 Å². The van der Waals surface area contributed by atoms with Gasteiger partial charge in [0.25, 0.3) is 0 Å². The van der Waals surface area contributed by atoms with E-state index < -0.39 is 17.6 Å². The minimum Gasteiger partial charge on any atom is -0.347 e. The largest absolute Gasteiger partial charge is 0.416 e. The molecule has 1 aromatic rings. The van der Waals surface area contributed by atoms with Gasteiger partial charge in [0.15, 0.2) is 0 Å². The molecule has 0 saturated heterocycles. The van der Waals surface area contributed by atoms with Gasteiger partial charge in [0.2, 0.25) is 11.8 Å². The first kappa shape index (κ1) is 14.0. The molecule has 0 spiro atoms. The number of rotatable bonds is 3. The number of anilines is 1. The molecule has 18 heavy (non-hydrogen) atoms. The molecule has 0 aliphatic carbocycles. The van der Waals surface area contributed by atoms with Crippen molar-refractivity contribution in [1.29, 1.82) is 0 Å². The second kappa shape index (κ2) is 5.52. The Kier molecular flexibility index (Phi) is 4.30. The molecule has 0 fully saturated rings. The highest BCUT2D eigenvalue weighted by Crippen LogP contribution is 2.29. The maximum absolute atomic E-state index is 12.3. The van der Waals surface area contributed by atoms with Crippen LogP contribution < -0.4 is 10.6 Å². The van der Waals surface area contributed by atoms with Crippen LogP contribution in [0.5, 0.6) is 0 Å². The summed E-state index contributed by atoms with van der Waals surface area (Å²) < 4.78 is 36.8. The first-order valence-electron chi connectivity index (χ1n) is 5.00. The van der Waals surface area contributed by atoms with E-state index in [1.807, 2.05) is 0 Å². The normalized spacial score (nSPS) is 10.9. The predicted octanol–water partition coefficient (Wildman–Crippen LogP) is 1.78. The van der Waals surface area contributed by atoms with Crippen LogP contribution in [0, 0.1) is 0 Å². The minimum absolute atomic E-state index is 0.226. The Bertz CT molecular complexity index is 441. The summed E-state index contributed by atoms with van der Waals surface area (Å²) in [6, 6.07) is 4.03. The van der Waals surface area contributed by atoms with E-state index in [-0.39, 0.29) is 18.1 Å². The lowest BCUT2D eigenvalue weighted by atomic mass is 10.2. The number of amides is 2. The summed E-state index contributed by atoms with van der Waals surface area (Å²) in [5.74, 6) is -0.873. The SMILES string of the molecule is CC(=O)NCC(=O)Nc1ccc(C(F)(F)F)cc1. The molecule has 0 aromatic heterocycles. The predicted molar refractivity (Wildman–Crippen MR) is 58.8 cm³/mol. The Morgan fingerprint density at radius 3 is 2.17 bits per heavy atom. The molecule has 0 atom stereocenters. The summed E-state index contributed by atoms with van der Waals surface area (Å²) in [4.78, 5) is 21.8. The third-order valence-electron chi connectivity index (χ3n) is 1.99. The minimum atomic E-state index is -4.40. The molecule has 0 aliphatic heterocycles. The van der Waals surface area contributed by atoms with Crippen LogP contribution >= 0.6 is 0 Å². The Morgan fingerprint density at radius 1 is 1.17 bits per heavy atom. The van der Waals surface area contributed by atoms with Crippen LogP contribution in [0.25, 0.3) is 0 Å². The quantitative estimate of drug-likeness (QED) is 0.870. The number of hydrogen-bond donors (Lipinski definition) is 2. The van der Waals surface area contributed by atoms with Gasteiger partial charge in [-0.25, -0.2) is 0 Å². The molecule has 0 heterocycles. The van der Waals surface area contributed by atoms with E-state index in [0.29, 0.717) is 0 Å². The van der Waals surface area contributed by atoms with E-state index in [0.717, 1.165) is 24.3 Å². The average molecular weight is 260 g/mol. The Balaban J connectivity index is 2.59. The van der Waals surface area contributed by atoms with Crippen LogP contribution in [0.15, 0.2) is 24.3 Å². The van der Waals surface area contributed by atoms with Crippen molar-refractivity contribution in [3.8, 4) is 0 Å². The van der Waals surface area contributed by atoms with Crippen molar-refractivity contribution in [1.82, 2.24) is 5.32 Å².